The summed E-state index contributed by atoms with van der Waals surface area (Å²) in [7, 11) is 0. The normalized spacial score (nSPS) is 29.5. The van der Waals surface area contributed by atoms with E-state index in [1.807, 2.05) is 0 Å². The summed E-state index contributed by atoms with van der Waals surface area (Å²) in [4.78, 5) is 12.6. The Morgan fingerprint density at radius 3 is 2.21 bits per heavy atom. The van der Waals surface area contributed by atoms with Crippen LogP contribution in [-0.2, 0) is 0 Å². The number of carbonyl (C=O) groups excluding carboxylic acids is 1. The Morgan fingerprint density at radius 2 is 1.68 bits per heavy atom. The average Bonchev–Trinajstić information content (AvgIpc) is 2.73. The fourth-order valence-electron chi connectivity index (χ4n) is 3.60. The highest BCUT2D eigenvalue weighted by molar-refractivity contribution is 5.98. The van der Waals surface area contributed by atoms with Crippen molar-refractivity contribution in [1.82, 2.24) is 5.32 Å². The van der Waals surface area contributed by atoms with E-state index in [9.17, 15) is 9.18 Å². The fraction of sp³-hybridized carbons (Fsp3) is 0.562. The van der Waals surface area contributed by atoms with Crippen LogP contribution >= 0.6 is 0 Å². The van der Waals surface area contributed by atoms with Gasteiger partial charge in [0.25, 0.3) is 0 Å². The fourth-order valence-corrected chi connectivity index (χ4v) is 3.60. The molecule has 19 heavy (non-hydrogen) atoms. The molecule has 2 aliphatic heterocycles. The lowest BCUT2D eigenvalue weighted by molar-refractivity contribution is 0.0875. The van der Waals surface area contributed by atoms with Gasteiger partial charge in [0, 0.05) is 23.6 Å². The molecule has 0 radical (unpaired) electrons. The third-order valence-corrected chi connectivity index (χ3v) is 4.56. The maximum absolute atomic E-state index is 13.6. The summed E-state index contributed by atoms with van der Waals surface area (Å²) in [6.07, 6.45) is 4.25. The van der Waals surface area contributed by atoms with Crippen molar-refractivity contribution in [3.63, 3.8) is 0 Å². The number of hydrogen-bond donors (Lipinski definition) is 1. The van der Waals surface area contributed by atoms with Gasteiger partial charge < -0.3 is 5.32 Å². The van der Waals surface area contributed by atoms with E-state index >= 15 is 0 Å². The van der Waals surface area contributed by atoms with Gasteiger partial charge in [0.15, 0.2) is 5.78 Å². The smallest absolute Gasteiger partial charge is 0.166 e. The molecule has 2 heterocycles. The minimum Gasteiger partial charge on any atom is -0.311 e. The molecule has 2 saturated heterocycles. The number of ketones is 1. The van der Waals surface area contributed by atoms with Gasteiger partial charge in [-0.15, -0.1) is 0 Å². The molecule has 0 aliphatic carbocycles. The molecule has 2 fully saturated rings. The van der Waals surface area contributed by atoms with Gasteiger partial charge in [0.1, 0.15) is 5.82 Å². The summed E-state index contributed by atoms with van der Waals surface area (Å²) in [5.41, 5.74) is 1.82. The predicted octanol–water partition coefficient (Wildman–Crippen LogP) is 3.16. The summed E-state index contributed by atoms with van der Waals surface area (Å²) in [6, 6.07) is 4.43. The molecule has 2 atom stereocenters. The Labute approximate surface area is 113 Å². The van der Waals surface area contributed by atoms with Crippen molar-refractivity contribution in [1.29, 1.82) is 0 Å². The van der Waals surface area contributed by atoms with Crippen LogP contribution in [0.5, 0.6) is 0 Å². The Morgan fingerprint density at radius 1 is 1.16 bits per heavy atom. The monoisotopic (exact) mass is 261 g/mol. The largest absolute Gasteiger partial charge is 0.311 e. The molecule has 0 aromatic heterocycles. The third kappa shape index (κ3) is 2.32. The Balaban J connectivity index is 1.84. The van der Waals surface area contributed by atoms with Crippen LogP contribution in [0.2, 0.25) is 0 Å². The van der Waals surface area contributed by atoms with E-state index in [1.54, 1.807) is 26.0 Å². The molecule has 102 valence electrons. The van der Waals surface area contributed by atoms with Crippen molar-refractivity contribution in [3.05, 3.63) is 34.6 Å². The second-order valence-corrected chi connectivity index (χ2v) is 6.09. The molecule has 2 aliphatic rings. The molecule has 2 unspecified atom stereocenters. The molecule has 3 heteroatoms. The van der Waals surface area contributed by atoms with Crippen molar-refractivity contribution in [2.75, 3.05) is 0 Å². The SMILES string of the molecule is Cc1cc(C(=O)C2CC3CCC(C2)N3)cc(C)c1F. The molecule has 0 spiro atoms. The van der Waals surface area contributed by atoms with E-state index in [0.717, 1.165) is 12.8 Å². The highest BCUT2D eigenvalue weighted by Gasteiger charge is 2.36. The number of benzene rings is 1. The van der Waals surface area contributed by atoms with Crippen LogP contribution in [0.1, 0.15) is 47.2 Å². The number of carbonyl (C=O) groups is 1. The minimum absolute atomic E-state index is 0.114. The first-order chi connectivity index (χ1) is 9.04. The van der Waals surface area contributed by atoms with Gasteiger partial charge >= 0.3 is 0 Å². The molecule has 0 saturated carbocycles. The van der Waals surface area contributed by atoms with Gasteiger partial charge in [-0.25, -0.2) is 4.39 Å². The average molecular weight is 261 g/mol. The number of nitrogens with one attached hydrogen (secondary N) is 1. The Kier molecular flexibility index (Phi) is 3.17. The second-order valence-electron chi connectivity index (χ2n) is 6.09. The standard InChI is InChI=1S/C16H20FNO/c1-9-5-11(6-10(2)15(9)17)16(19)12-7-13-3-4-14(8-12)18-13/h5-6,12-14,18H,3-4,7-8H2,1-2H3. The van der Waals surface area contributed by atoms with E-state index in [4.69, 9.17) is 0 Å². The van der Waals surface area contributed by atoms with Crippen LogP contribution in [-0.4, -0.2) is 17.9 Å². The maximum atomic E-state index is 13.6. The molecule has 2 nitrogen and oxygen atoms in total. The van der Waals surface area contributed by atoms with Gasteiger partial charge in [0.05, 0.1) is 0 Å². The summed E-state index contributed by atoms with van der Waals surface area (Å²) < 4.78 is 13.6. The molecular formula is C16H20FNO. The van der Waals surface area contributed by atoms with Crippen LogP contribution in [0, 0.1) is 25.6 Å². The quantitative estimate of drug-likeness (QED) is 0.829. The zero-order chi connectivity index (χ0) is 13.6. The first-order valence-electron chi connectivity index (χ1n) is 7.11. The van der Waals surface area contributed by atoms with Crippen molar-refractivity contribution in [3.8, 4) is 0 Å². The molecule has 1 aromatic carbocycles. The van der Waals surface area contributed by atoms with E-state index in [-0.39, 0.29) is 17.5 Å². The minimum atomic E-state index is -0.193. The number of fused-ring (bicyclic) bond motifs is 2. The first kappa shape index (κ1) is 12.8. The molecule has 1 N–H and O–H groups in total. The first-order valence-corrected chi connectivity index (χ1v) is 7.11. The van der Waals surface area contributed by atoms with E-state index < -0.39 is 0 Å². The molecular weight excluding hydrogens is 241 g/mol. The van der Waals surface area contributed by atoms with E-state index in [2.05, 4.69) is 5.32 Å². The number of Topliss-reactive ketones (excluding diaryl/α,β-unsaturated/α-hetero) is 1. The Hall–Kier alpha value is -1.22. The maximum Gasteiger partial charge on any atom is 0.166 e. The van der Waals surface area contributed by atoms with Crippen molar-refractivity contribution < 1.29 is 9.18 Å². The zero-order valence-corrected chi connectivity index (χ0v) is 11.5. The van der Waals surface area contributed by atoms with Crippen molar-refractivity contribution >= 4 is 5.78 Å². The number of rotatable bonds is 2. The summed E-state index contributed by atoms with van der Waals surface area (Å²) in [6.45, 7) is 3.45. The molecule has 1 aromatic rings. The molecule has 3 rings (SSSR count). The molecule has 0 amide bonds. The van der Waals surface area contributed by atoms with E-state index in [0.29, 0.717) is 28.8 Å². The number of hydrogen-bond acceptors (Lipinski definition) is 2. The van der Waals surface area contributed by atoms with Gasteiger partial charge in [-0.05, 0) is 62.8 Å². The highest BCUT2D eigenvalue weighted by Crippen LogP contribution is 2.33. The second kappa shape index (κ2) is 4.71. The summed E-state index contributed by atoms with van der Waals surface area (Å²) >= 11 is 0. The highest BCUT2D eigenvalue weighted by atomic mass is 19.1. The lowest BCUT2D eigenvalue weighted by Gasteiger charge is -2.28. The lowest BCUT2D eigenvalue weighted by atomic mass is 9.85. The Bertz CT molecular complexity index is 490. The molecule has 2 bridgehead atoms. The van der Waals surface area contributed by atoms with Crippen LogP contribution in [0.15, 0.2) is 12.1 Å². The van der Waals surface area contributed by atoms with Gasteiger partial charge in [-0.3, -0.25) is 4.79 Å². The summed E-state index contributed by atoms with van der Waals surface area (Å²) in [5.74, 6) is 0.120. The number of piperidine rings is 1. The van der Waals surface area contributed by atoms with Gasteiger partial charge in [-0.1, -0.05) is 0 Å². The topological polar surface area (TPSA) is 29.1 Å². The zero-order valence-electron chi connectivity index (χ0n) is 11.5. The van der Waals surface area contributed by atoms with E-state index in [1.165, 1.54) is 12.8 Å². The van der Waals surface area contributed by atoms with Crippen molar-refractivity contribution in [2.24, 2.45) is 5.92 Å². The van der Waals surface area contributed by atoms with Crippen LogP contribution in [0.3, 0.4) is 0 Å². The van der Waals surface area contributed by atoms with Crippen LogP contribution in [0.25, 0.3) is 0 Å². The number of aryl methyl sites for hydroxylation is 2. The van der Waals surface area contributed by atoms with Gasteiger partial charge in [-0.2, -0.15) is 0 Å². The van der Waals surface area contributed by atoms with Gasteiger partial charge in [0.2, 0.25) is 0 Å². The lowest BCUT2D eigenvalue weighted by Crippen LogP contribution is -2.40. The summed E-state index contributed by atoms with van der Waals surface area (Å²) in [5, 5.41) is 3.55. The van der Waals surface area contributed by atoms with Crippen LogP contribution in [0.4, 0.5) is 4.39 Å². The predicted molar refractivity (Wildman–Crippen MR) is 72.9 cm³/mol. The van der Waals surface area contributed by atoms with Crippen molar-refractivity contribution in [2.45, 2.75) is 51.6 Å². The number of halogens is 1. The van der Waals surface area contributed by atoms with Crippen LogP contribution < -0.4 is 5.32 Å². The third-order valence-electron chi connectivity index (χ3n) is 4.56.